The third-order valence-electron chi connectivity index (χ3n) is 1.80. The topological polar surface area (TPSA) is 73.1 Å². The molecule has 80 valence electrons. The summed E-state index contributed by atoms with van der Waals surface area (Å²) in [6.45, 7) is 6.44. The lowest BCUT2D eigenvalue weighted by molar-refractivity contribution is 0.0616. The second kappa shape index (κ2) is 5.35. The van der Waals surface area contributed by atoms with Gasteiger partial charge in [0, 0.05) is 0 Å². The van der Waals surface area contributed by atoms with Crippen molar-refractivity contribution in [2.24, 2.45) is 5.84 Å². The number of aryl methyl sites for hydroxylation is 1. The molecule has 1 rings (SSSR count). The number of aromatic nitrogens is 2. The quantitative estimate of drug-likeness (QED) is 0.562. The molecule has 0 saturated heterocycles. The summed E-state index contributed by atoms with van der Waals surface area (Å²) in [5.41, 5.74) is 3.61. The van der Waals surface area contributed by atoms with Crippen LogP contribution in [0.1, 0.15) is 30.5 Å². The van der Waals surface area contributed by atoms with Gasteiger partial charge in [-0.3, -0.25) is 5.84 Å². The van der Waals surface area contributed by atoms with Gasteiger partial charge >= 0.3 is 0 Å². The zero-order valence-corrected chi connectivity index (χ0v) is 9.47. The molecule has 0 radical (unpaired) electrons. The summed E-state index contributed by atoms with van der Waals surface area (Å²) in [5, 5.41) is 3.93. The van der Waals surface area contributed by atoms with Crippen LogP contribution in [-0.4, -0.2) is 22.3 Å². The summed E-state index contributed by atoms with van der Waals surface area (Å²) in [4.78, 5) is 1.04. The first-order valence-corrected chi connectivity index (χ1v) is 5.29. The van der Waals surface area contributed by atoms with Crippen LogP contribution in [0.3, 0.4) is 0 Å². The number of nitrogens with two attached hydrogens (primary N) is 1. The maximum Gasteiger partial charge on any atom is 0.0821 e. The number of hydrogen-bond acceptors (Lipinski definition) is 6. The normalized spacial score (nSPS) is 13.5. The standard InChI is InChI=1S/C8H16N4OS/c1-5(2)13-4-7(10-9)8-6(3)11-12-14-8/h5,7,10H,4,9H2,1-3H3. The maximum absolute atomic E-state index is 5.48. The summed E-state index contributed by atoms with van der Waals surface area (Å²) in [6, 6.07) is -0.0163. The molecule has 1 aromatic heterocycles. The molecule has 5 nitrogen and oxygen atoms in total. The lowest BCUT2D eigenvalue weighted by atomic mass is 10.2. The number of hydrazine groups is 1. The van der Waals surface area contributed by atoms with Crippen LogP contribution in [0, 0.1) is 6.92 Å². The largest absolute Gasteiger partial charge is 0.377 e. The number of rotatable bonds is 5. The van der Waals surface area contributed by atoms with E-state index in [1.54, 1.807) is 0 Å². The van der Waals surface area contributed by atoms with Gasteiger partial charge in [-0.2, -0.15) is 0 Å². The highest BCUT2D eigenvalue weighted by molar-refractivity contribution is 7.05. The van der Waals surface area contributed by atoms with Crippen molar-refractivity contribution in [3.05, 3.63) is 10.6 Å². The molecular formula is C8H16N4OS. The Kier molecular flexibility index (Phi) is 4.40. The second-order valence-electron chi connectivity index (χ2n) is 3.32. The average molecular weight is 216 g/mol. The SMILES string of the molecule is Cc1nnsc1C(COC(C)C)NN. The predicted molar refractivity (Wildman–Crippen MR) is 55.8 cm³/mol. The van der Waals surface area contributed by atoms with Crippen molar-refractivity contribution in [1.29, 1.82) is 0 Å². The van der Waals surface area contributed by atoms with Gasteiger partial charge in [-0.25, -0.2) is 5.43 Å². The molecule has 0 spiro atoms. The molecule has 0 amide bonds. The highest BCUT2D eigenvalue weighted by Gasteiger charge is 2.16. The minimum atomic E-state index is -0.0163. The number of nitrogens with zero attached hydrogens (tertiary/aromatic N) is 2. The van der Waals surface area contributed by atoms with E-state index in [1.165, 1.54) is 11.5 Å². The molecule has 0 saturated carbocycles. The van der Waals surface area contributed by atoms with Crippen LogP contribution in [0.4, 0.5) is 0 Å². The van der Waals surface area contributed by atoms with Crippen LogP contribution in [-0.2, 0) is 4.74 Å². The first-order valence-electron chi connectivity index (χ1n) is 4.51. The Labute approximate surface area is 87.8 Å². The van der Waals surface area contributed by atoms with E-state index >= 15 is 0 Å². The Balaban J connectivity index is 2.58. The van der Waals surface area contributed by atoms with Crippen molar-refractivity contribution in [1.82, 2.24) is 15.0 Å². The van der Waals surface area contributed by atoms with Gasteiger partial charge in [0.25, 0.3) is 0 Å². The van der Waals surface area contributed by atoms with E-state index in [1.807, 2.05) is 20.8 Å². The van der Waals surface area contributed by atoms with E-state index in [0.29, 0.717) is 6.61 Å². The van der Waals surface area contributed by atoms with Gasteiger partial charge in [0.1, 0.15) is 0 Å². The van der Waals surface area contributed by atoms with E-state index in [4.69, 9.17) is 10.6 Å². The Morgan fingerprint density at radius 1 is 1.57 bits per heavy atom. The molecule has 14 heavy (non-hydrogen) atoms. The van der Waals surface area contributed by atoms with Crippen molar-refractivity contribution in [2.45, 2.75) is 32.9 Å². The van der Waals surface area contributed by atoms with Crippen LogP contribution in [0.25, 0.3) is 0 Å². The zero-order chi connectivity index (χ0) is 10.6. The molecular weight excluding hydrogens is 200 g/mol. The molecule has 6 heteroatoms. The summed E-state index contributed by atoms with van der Waals surface area (Å²) in [5.74, 6) is 5.44. The van der Waals surface area contributed by atoms with E-state index in [-0.39, 0.29) is 12.1 Å². The van der Waals surface area contributed by atoms with Gasteiger partial charge in [0.05, 0.1) is 29.3 Å². The van der Waals surface area contributed by atoms with Gasteiger partial charge in [0.15, 0.2) is 0 Å². The monoisotopic (exact) mass is 216 g/mol. The van der Waals surface area contributed by atoms with Crippen LogP contribution in [0.15, 0.2) is 0 Å². The minimum absolute atomic E-state index is 0.0163. The molecule has 1 aromatic rings. The molecule has 1 atom stereocenters. The summed E-state index contributed by atoms with van der Waals surface area (Å²) < 4.78 is 9.34. The van der Waals surface area contributed by atoms with Crippen molar-refractivity contribution >= 4 is 11.5 Å². The highest BCUT2D eigenvalue weighted by Crippen LogP contribution is 2.19. The Bertz CT molecular complexity index is 276. The Morgan fingerprint density at radius 2 is 2.29 bits per heavy atom. The van der Waals surface area contributed by atoms with Crippen molar-refractivity contribution in [2.75, 3.05) is 6.61 Å². The van der Waals surface area contributed by atoms with Gasteiger partial charge in [-0.05, 0) is 32.3 Å². The van der Waals surface area contributed by atoms with E-state index in [9.17, 15) is 0 Å². The van der Waals surface area contributed by atoms with E-state index in [2.05, 4.69) is 15.0 Å². The number of ether oxygens (including phenoxy) is 1. The van der Waals surface area contributed by atoms with E-state index in [0.717, 1.165) is 10.6 Å². The molecule has 1 unspecified atom stereocenters. The molecule has 0 aliphatic carbocycles. The Hall–Kier alpha value is -0.560. The Morgan fingerprint density at radius 3 is 2.71 bits per heavy atom. The summed E-state index contributed by atoms with van der Waals surface area (Å²) >= 11 is 1.35. The lowest BCUT2D eigenvalue weighted by Crippen LogP contribution is -2.32. The van der Waals surface area contributed by atoms with Gasteiger partial charge in [-0.1, -0.05) is 4.49 Å². The fraction of sp³-hybridized carbons (Fsp3) is 0.750. The zero-order valence-electron chi connectivity index (χ0n) is 8.65. The fourth-order valence-corrected chi connectivity index (χ4v) is 1.73. The third-order valence-corrected chi connectivity index (χ3v) is 2.74. The molecule has 0 aliphatic rings. The van der Waals surface area contributed by atoms with Crippen LogP contribution < -0.4 is 11.3 Å². The smallest absolute Gasteiger partial charge is 0.0821 e. The van der Waals surface area contributed by atoms with Crippen molar-refractivity contribution in [3.63, 3.8) is 0 Å². The van der Waals surface area contributed by atoms with Gasteiger partial charge in [0.2, 0.25) is 0 Å². The van der Waals surface area contributed by atoms with E-state index < -0.39 is 0 Å². The van der Waals surface area contributed by atoms with Gasteiger partial charge in [-0.15, -0.1) is 5.10 Å². The minimum Gasteiger partial charge on any atom is -0.377 e. The molecule has 0 aromatic carbocycles. The third kappa shape index (κ3) is 2.98. The molecule has 0 fully saturated rings. The predicted octanol–water partition coefficient (Wildman–Crippen LogP) is 0.776. The van der Waals surface area contributed by atoms with Crippen molar-refractivity contribution in [3.8, 4) is 0 Å². The molecule has 3 N–H and O–H groups in total. The van der Waals surface area contributed by atoms with Gasteiger partial charge < -0.3 is 4.74 Å². The maximum atomic E-state index is 5.48. The lowest BCUT2D eigenvalue weighted by Gasteiger charge is -2.16. The molecule has 0 bridgehead atoms. The van der Waals surface area contributed by atoms with Crippen LogP contribution in [0.5, 0.6) is 0 Å². The highest BCUT2D eigenvalue weighted by atomic mass is 32.1. The second-order valence-corrected chi connectivity index (χ2v) is 4.11. The summed E-state index contributed by atoms with van der Waals surface area (Å²) in [6.07, 6.45) is 0.201. The van der Waals surface area contributed by atoms with Crippen LogP contribution >= 0.6 is 11.5 Å². The molecule has 0 aliphatic heterocycles. The summed E-state index contributed by atoms with van der Waals surface area (Å²) in [7, 11) is 0. The van der Waals surface area contributed by atoms with Crippen molar-refractivity contribution < 1.29 is 4.74 Å². The first kappa shape index (κ1) is 11.5. The molecule has 1 heterocycles. The van der Waals surface area contributed by atoms with Crippen LogP contribution in [0.2, 0.25) is 0 Å². The average Bonchev–Trinajstić information content (AvgIpc) is 2.53. The first-order chi connectivity index (χ1) is 6.65. The number of nitrogens with one attached hydrogen (secondary N) is 1. The number of hydrogen-bond donors (Lipinski definition) is 2. The fourth-order valence-electron chi connectivity index (χ4n) is 1.04.